The number of amides is 1. The van der Waals surface area contributed by atoms with Crippen LogP contribution < -0.4 is 5.32 Å². The highest BCUT2D eigenvalue weighted by molar-refractivity contribution is 5.97. The predicted octanol–water partition coefficient (Wildman–Crippen LogP) is 3.12. The Labute approximate surface area is 168 Å². The maximum absolute atomic E-state index is 14.3. The number of hydrogen-bond donors (Lipinski definition) is 1. The molecule has 0 bridgehead atoms. The van der Waals surface area contributed by atoms with Crippen molar-refractivity contribution < 1.29 is 18.7 Å². The third-order valence-electron chi connectivity index (χ3n) is 4.24. The molecule has 0 aliphatic rings. The molecule has 0 radical (unpaired) electrons. The predicted molar refractivity (Wildman–Crippen MR) is 106 cm³/mol. The van der Waals surface area contributed by atoms with Crippen molar-refractivity contribution in [3.05, 3.63) is 66.4 Å². The van der Waals surface area contributed by atoms with Crippen LogP contribution in [0.4, 0.5) is 4.39 Å². The van der Waals surface area contributed by atoms with Gasteiger partial charge in [-0.05, 0) is 38.1 Å². The number of ether oxygens (including phenoxy) is 1. The van der Waals surface area contributed by atoms with Crippen molar-refractivity contribution >= 4 is 11.9 Å². The quantitative estimate of drug-likeness (QED) is 0.621. The van der Waals surface area contributed by atoms with Gasteiger partial charge in [-0.25, -0.2) is 9.07 Å². The molecule has 1 aromatic carbocycles. The fourth-order valence-electron chi connectivity index (χ4n) is 2.80. The summed E-state index contributed by atoms with van der Waals surface area (Å²) in [7, 11) is 0. The van der Waals surface area contributed by atoms with E-state index in [9.17, 15) is 14.0 Å². The fourth-order valence-corrected chi connectivity index (χ4v) is 2.80. The summed E-state index contributed by atoms with van der Waals surface area (Å²) in [5.74, 6) is -1.36. The van der Waals surface area contributed by atoms with E-state index in [2.05, 4.69) is 10.4 Å². The van der Waals surface area contributed by atoms with Crippen molar-refractivity contribution in [3.8, 4) is 11.5 Å². The zero-order chi connectivity index (χ0) is 21.0. The van der Waals surface area contributed by atoms with Gasteiger partial charge in [-0.2, -0.15) is 5.10 Å². The number of nitrogens with zero attached hydrogens (tertiary/aromatic N) is 3. The Morgan fingerprint density at radius 3 is 2.48 bits per heavy atom. The lowest BCUT2D eigenvalue weighted by Crippen LogP contribution is -2.33. The number of carbonyl (C=O) groups is 2. The van der Waals surface area contributed by atoms with Gasteiger partial charge >= 0.3 is 5.97 Å². The van der Waals surface area contributed by atoms with Crippen molar-refractivity contribution in [2.24, 2.45) is 5.92 Å². The van der Waals surface area contributed by atoms with Crippen LogP contribution in [0.3, 0.4) is 0 Å². The summed E-state index contributed by atoms with van der Waals surface area (Å²) in [4.78, 5) is 24.8. The smallest absolute Gasteiger partial charge is 0.310 e. The largest absolute Gasteiger partial charge is 0.463 e. The molecule has 3 aromatic rings. The molecule has 2 aromatic heterocycles. The minimum Gasteiger partial charge on any atom is -0.463 e. The maximum Gasteiger partial charge on any atom is 0.310 e. The van der Waals surface area contributed by atoms with Gasteiger partial charge in [0.25, 0.3) is 5.91 Å². The Kier molecular flexibility index (Phi) is 6.11. The van der Waals surface area contributed by atoms with Crippen LogP contribution in [0.1, 0.15) is 31.1 Å². The van der Waals surface area contributed by atoms with Crippen molar-refractivity contribution in [3.63, 3.8) is 0 Å². The summed E-state index contributed by atoms with van der Waals surface area (Å²) < 4.78 is 22.5. The van der Waals surface area contributed by atoms with E-state index in [1.165, 1.54) is 16.9 Å². The van der Waals surface area contributed by atoms with E-state index in [0.29, 0.717) is 5.82 Å². The van der Waals surface area contributed by atoms with Crippen molar-refractivity contribution in [2.75, 3.05) is 6.54 Å². The first-order chi connectivity index (χ1) is 13.9. The van der Waals surface area contributed by atoms with Crippen LogP contribution in [0.25, 0.3) is 11.5 Å². The van der Waals surface area contributed by atoms with Crippen LogP contribution in [0.15, 0.2) is 55.0 Å². The second kappa shape index (κ2) is 8.72. The third-order valence-corrected chi connectivity index (χ3v) is 4.24. The van der Waals surface area contributed by atoms with E-state index >= 15 is 0 Å². The van der Waals surface area contributed by atoms with Gasteiger partial charge in [-0.15, -0.1) is 0 Å². The summed E-state index contributed by atoms with van der Waals surface area (Å²) in [5.41, 5.74) is 0.484. The number of halogens is 1. The lowest BCUT2D eigenvalue weighted by Gasteiger charge is -2.15. The van der Waals surface area contributed by atoms with Gasteiger partial charge in [0.05, 0.1) is 18.2 Å². The number of para-hydroxylation sites is 1. The Balaban J connectivity index is 1.87. The third kappa shape index (κ3) is 4.53. The minimum absolute atomic E-state index is 0.111. The second-order valence-corrected chi connectivity index (χ2v) is 6.93. The topological polar surface area (TPSA) is 78.2 Å². The lowest BCUT2D eigenvalue weighted by molar-refractivity contribution is -0.151. The van der Waals surface area contributed by atoms with Gasteiger partial charge < -0.3 is 14.6 Å². The molecule has 2 heterocycles. The van der Waals surface area contributed by atoms with E-state index in [1.54, 1.807) is 68.1 Å². The SMILES string of the molecule is CC(C)OC(=O)[C@@H](C)CNC(=O)c1cnn(-c2ccccc2F)c1-n1cccc1. The molecule has 1 N–H and O–H groups in total. The normalized spacial score (nSPS) is 12.0. The standard InChI is InChI=1S/C21H23FN4O3/c1-14(2)29-21(28)15(3)12-23-19(27)16-13-24-26(18-9-5-4-8-17(18)22)20(16)25-10-6-7-11-25/h4-11,13-15H,12H2,1-3H3,(H,23,27)/t15-/m0/s1. The zero-order valence-electron chi connectivity index (χ0n) is 16.5. The monoisotopic (exact) mass is 398 g/mol. The van der Waals surface area contributed by atoms with Crippen LogP contribution in [-0.4, -0.2) is 38.9 Å². The number of aromatic nitrogens is 3. The molecule has 1 amide bonds. The molecule has 0 aliphatic heterocycles. The molecule has 0 aliphatic carbocycles. The van der Waals surface area contributed by atoms with E-state index in [4.69, 9.17) is 4.74 Å². The van der Waals surface area contributed by atoms with Crippen molar-refractivity contribution in [1.82, 2.24) is 19.7 Å². The molecule has 8 heteroatoms. The number of benzene rings is 1. The van der Waals surface area contributed by atoms with E-state index < -0.39 is 17.6 Å². The molecule has 7 nitrogen and oxygen atoms in total. The van der Waals surface area contributed by atoms with Gasteiger partial charge in [0, 0.05) is 18.9 Å². The Morgan fingerprint density at radius 1 is 1.14 bits per heavy atom. The average molecular weight is 398 g/mol. The Morgan fingerprint density at radius 2 is 1.83 bits per heavy atom. The summed E-state index contributed by atoms with van der Waals surface area (Å²) in [5, 5.41) is 6.96. The molecule has 152 valence electrons. The number of carbonyl (C=O) groups excluding carboxylic acids is 2. The summed E-state index contributed by atoms with van der Waals surface area (Å²) in [6.07, 6.45) is 4.65. The van der Waals surface area contributed by atoms with Crippen LogP contribution in [0, 0.1) is 11.7 Å². The maximum atomic E-state index is 14.3. The number of hydrogen-bond acceptors (Lipinski definition) is 4. The molecule has 1 atom stereocenters. The fraction of sp³-hybridized carbons (Fsp3) is 0.286. The van der Waals surface area contributed by atoms with Gasteiger partial charge in [0.2, 0.25) is 0 Å². The molecule has 0 saturated heterocycles. The Bertz CT molecular complexity index is 995. The number of nitrogens with one attached hydrogen (secondary N) is 1. The Hall–Kier alpha value is -3.42. The summed E-state index contributed by atoms with van der Waals surface area (Å²) in [6, 6.07) is 9.79. The van der Waals surface area contributed by atoms with E-state index in [-0.39, 0.29) is 29.9 Å². The summed E-state index contributed by atoms with van der Waals surface area (Å²) in [6.45, 7) is 5.33. The molecular weight excluding hydrogens is 375 g/mol. The van der Waals surface area contributed by atoms with Gasteiger partial charge in [0.15, 0.2) is 5.82 Å². The molecule has 0 saturated carbocycles. The van der Waals surface area contributed by atoms with Gasteiger partial charge in [0.1, 0.15) is 17.1 Å². The molecule has 0 spiro atoms. The molecule has 3 rings (SSSR count). The lowest BCUT2D eigenvalue weighted by atomic mass is 10.2. The van der Waals surface area contributed by atoms with Gasteiger partial charge in [-0.1, -0.05) is 19.1 Å². The van der Waals surface area contributed by atoms with Crippen LogP contribution >= 0.6 is 0 Å². The molecular formula is C21H23FN4O3. The number of esters is 1. The summed E-state index contributed by atoms with van der Waals surface area (Å²) >= 11 is 0. The highest BCUT2D eigenvalue weighted by Gasteiger charge is 2.23. The molecule has 0 unspecified atom stereocenters. The van der Waals surface area contributed by atoms with Crippen LogP contribution in [-0.2, 0) is 9.53 Å². The number of rotatable bonds is 7. The van der Waals surface area contributed by atoms with Crippen molar-refractivity contribution in [1.29, 1.82) is 0 Å². The van der Waals surface area contributed by atoms with E-state index in [1.807, 2.05) is 0 Å². The molecule has 0 fully saturated rings. The van der Waals surface area contributed by atoms with Crippen molar-refractivity contribution in [2.45, 2.75) is 26.9 Å². The first-order valence-corrected chi connectivity index (χ1v) is 9.33. The first-order valence-electron chi connectivity index (χ1n) is 9.33. The first kappa shape index (κ1) is 20.3. The minimum atomic E-state index is -0.502. The van der Waals surface area contributed by atoms with Crippen LogP contribution in [0.5, 0.6) is 0 Å². The highest BCUT2D eigenvalue weighted by atomic mass is 19.1. The zero-order valence-corrected chi connectivity index (χ0v) is 16.5. The van der Waals surface area contributed by atoms with Gasteiger partial charge in [-0.3, -0.25) is 9.59 Å². The average Bonchev–Trinajstić information content (AvgIpc) is 3.34. The molecule has 29 heavy (non-hydrogen) atoms. The highest BCUT2D eigenvalue weighted by Crippen LogP contribution is 2.21. The second-order valence-electron chi connectivity index (χ2n) is 6.93. The van der Waals surface area contributed by atoms with Crippen LogP contribution in [0.2, 0.25) is 0 Å². The van der Waals surface area contributed by atoms with E-state index in [0.717, 1.165) is 0 Å².